The summed E-state index contributed by atoms with van der Waals surface area (Å²) < 4.78 is 2.03. The van der Waals surface area contributed by atoms with E-state index in [0.29, 0.717) is 0 Å². The van der Waals surface area contributed by atoms with Crippen molar-refractivity contribution in [1.82, 2.24) is 15.1 Å². The average Bonchev–Trinajstić information content (AvgIpc) is 2.91. The Labute approximate surface area is 106 Å². The number of hydrogen-bond donors (Lipinski definition) is 1. The minimum absolute atomic E-state index is 0.873. The lowest BCUT2D eigenvalue weighted by Crippen LogP contribution is -2.13. The van der Waals surface area contributed by atoms with E-state index in [4.69, 9.17) is 0 Å². The molecule has 0 aliphatic heterocycles. The van der Waals surface area contributed by atoms with Gasteiger partial charge < -0.3 is 5.32 Å². The molecule has 0 spiro atoms. The van der Waals surface area contributed by atoms with Gasteiger partial charge in [0.05, 0.1) is 12.2 Å². The number of aromatic nitrogens is 2. The van der Waals surface area contributed by atoms with Crippen LogP contribution in [0.3, 0.4) is 0 Å². The maximum Gasteiger partial charge on any atom is 0.0667 e. The summed E-state index contributed by atoms with van der Waals surface area (Å²) in [4.78, 5) is 0. The van der Waals surface area contributed by atoms with Crippen LogP contribution in [0.1, 0.15) is 30.2 Å². The maximum absolute atomic E-state index is 4.55. The fraction of sp³-hybridized carbons (Fsp3) is 0.462. The molecule has 2 rings (SSSR count). The van der Waals surface area contributed by atoms with Gasteiger partial charge >= 0.3 is 0 Å². The molecule has 0 fully saturated rings. The molecule has 1 N–H and O–H groups in total. The third-order valence-electron chi connectivity index (χ3n) is 2.71. The van der Waals surface area contributed by atoms with Crippen LogP contribution < -0.4 is 5.32 Å². The van der Waals surface area contributed by atoms with Crippen LogP contribution in [0.25, 0.3) is 0 Å². The largest absolute Gasteiger partial charge is 0.313 e. The first kappa shape index (κ1) is 12.3. The fourth-order valence-electron chi connectivity index (χ4n) is 1.78. The van der Waals surface area contributed by atoms with E-state index < -0.39 is 0 Å². The summed E-state index contributed by atoms with van der Waals surface area (Å²) in [5.41, 5.74) is 3.75. The molecule has 17 heavy (non-hydrogen) atoms. The smallest absolute Gasteiger partial charge is 0.0667 e. The topological polar surface area (TPSA) is 29.9 Å². The summed E-state index contributed by atoms with van der Waals surface area (Å²) in [6.45, 7) is 7.11. The van der Waals surface area contributed by atoms with Gasteiger partial charge in [-0.3, -0.25) is 4.68 Å². The summed E-state index contributed by atoms with van der Waals surface area (Å²) in [6.07, 6.45) is 3.32. The quantitative estimate of drug-likeness (QED) is 0.798. The Hall–Kier alpha value is -1.13. The predicted molar refractivity (Wildman–Crippen MR) is 72.4 cm³/mol. The zero-order valence-corrected chi connectivity index (χ0v) is 11.3. The van der Waals surface area contributed by atoms with E-state index >= 15 is 0 Å². The van der Waals surface area contributed by atoms with E-state index in [2.05, 4.69) is 47.3 Å². The monoisotopic (exact) mass is 249 g/mol. The van der Waals surface area contributed by atoms with Crippen LogP contribution in [0.2, 0.25) is 0 Å². The average molecular weight is 249 g/mol. The molecular weight excluding hydrogens is 230 g/mol. The number of aryl methyl sites for hydroxylation is 1. The molecule has 0 saturated heterocycles. The molecule has 0 aliphatic rings. The van der Waals surface area contributed by atoms with Crippen LogP contribution in [0.4, 0.5) is 0 Å². The van der Waals surface area contributed by atoms with Crippen LogP contribution in [0, 0.1) is 6.92 Å². The van der Waals surface area contributed by atoms with E-state index in [0.717, 1.165) is 25.3 Å². The second kappa shape index (κ2) is 5.98. The minimum atomic E-state index is 0.873. The standard InChI is InChI=1S/C13H19N3S/c1-3-5-14-7-13-9-16(15-11(13)2)8-12-4-6-17-10-12/h4,6,9-10,14H,3,5,7-8H2,1-2H3. The first-order chi connectivity index (χ1) is 8.29. The number of thiophene rings is 1. The Kier molecular flexibility index (Phi) is 4.34. The van der Waals surface area contributed by atoms with Gasteiger partial charge in [0.2, 0.25) is 0 Å². The van der Waals surface area contributed by atoms with Crippen LogP contribution in [-0.2, 0) is 13.1 Å². The zero-order chi connectivity index (χ0) is 12.1. The maximum atomic E-state index is 4.55. The number of rotatable bonds is 6. The Morgan fingerprint density at radius 1 is 1.47 bits per heavy atom. The third-order valence-corrected chi connectivity index (χ3v) is 3.45. The second-order valence-corrected chi connectivity index (χ2v) is 5.03. The van der Waals surface area contributed by atoms with Gasteiger partial charge in [-0.1, -0.05) is 6.92 Å². The summed E-state index contributed by atoms with van der Waals surface area (Å²) >= 11 is 1.73. The summed E-state index contributed by atoms with van der Waals surface area (Å²) in [5, 5.41) is 12.2. The minimum Gasteiger partial charge on any atom is -0.313 e. The summed E-state index contributed by atoms with van der Waals surface area (Å²) in [6, 6.07) is 2.15. The molecule has 2 heterocycles. The highest BCUT2D eigenvalue weighted by atomic mass is 32.1. The van der Waals surface area contributed by atoms with E-state index in [-0.39, 0.29) is 0 Å². The molecule has 2 aromatic rings. The molecule has 2 aromatic heterocycles. The van der Waals surface area contributed by atoms with Crippen molar-refractivity contribution in [3.8, 4) is 0 Å². The van der Waals surface area contributed by atoms with Gasteiger partial charge in [0.15, 0.2) is 0 Å². The van der Waals surface area contributed by atoms with Crippen molar-refractivity contribution in [3.63, 3.8) is 0 Å². The Balaban J connectivity index is 1.98. The molecule has 92 valence electrons. The Morgan fingerprint density at radius 3 is 3.06 bits per heavy atom. The van der Waals surface area contributed by atoms with Crippen molar-refractivity contribution in [1.29, 1.82) is 0 Å². The highest BCUT2D eigenvalue weighted by molar-refractivity contribution is 7.07. The summed E-state index contributed by atoms with van der Waals surface area (Å²) in [5.74, 6) is 0. The van der Waals surface area contributed by atoms with E-state index in [9.17, 15) is 0 Å². The van der Waals surface area contributed by atoms with Crippen molar-refractivity contribution >= 4 is 11.3 Å². The molecule has 0 radical (unpaired) electrons. The molecule has 0 unspecified atom stereocenters. The second-order valence-electron chi connectivity index (χ2n) is 4.25. The molecule has 4 heteroatoms. The van der Waals surface area contributed by atoms with Crippen LogP contribution >= 0.6 is 11.3 Å². The van der Waals surface area contributed by atoms with Gasteiger partial charge in [-0.05, 0) is 42.3 Å². The molecule has 0 aromatic carbocycles. The number of nitrogens with one attached hydrogen (secondary N) is 1. The Morgan fingerprint density at radius 2 is 2.35 bits per heavy atom. The summed E-state index contributed by atoms with van der Waals surface area (Å²) in [7, 11) is 0. The van der Waals surface area contributed by atoms with Gasteiger partial charge in [-0.15, -0.1) is 0 Å². The van der Waals surface area contributed by atoms with Crippen molar-refractivity contribution < 1.29 is 0 Å². The van der Waals surface area contributed by atoms with Crippen molar-refractivity contribution in [2.45, 2.75) is 33.4 Å². The third kappa shape index (κ3) is 3.41. The van der Waals surface area contributed by atoms with Gasteiger partial charge in [0, 0.05) is 18.3 Å². The van der Waals surface area contributed by atoms with Crippen LogP contribution in [0.5, 0.6) is 0 Å². The molecular formula is C13H19N3S. The fourth-order valence-corrected chi connectivity index (χ4v) is 2.44. The van der Waals surface area contributed by atoms with Crippen LogP contribution in [0.15, 0.2) is 23.0 Å². The van der Waals surface area contributed by atoms with Crippen molar-refractivity contribution in [2.24, 2.45) is 0 Å². The van der Waals surface area contributed by atoms with E-state index in [1.165, 1.54) is 17.5 Å². The SMILES string of the molecule is CCCNCc1cn(Cc2ccsc2)nc1C. The van der Waals surface area contributed by atoms with Gasteiger partial charge in [0.25, 0.3) is 0 Å². The van der Waals surface area contributed by atoms with Gasteiger partial charge in [0.1, 0.15) is 0 Å². The van der Waals surface area contributed by atoms with Crippen molar-refractivity contribution in [3.05, 3.63) is 39.8 Å². The molecule has 0 aliphatic carbocycles. The Bertz CT molecular complexity index is 445. The van der Waals surface area contributed by atoms with Gasteiger partial charge in [-0.2, -0.15) is 16.4 Å². The number of nitrogens with zero attached hydrogens (tertiary/aromatic N) is 2. The lowest BCUT2D eigenvalue weighted by molar-refractivity contribution is 0.669. The normalized spacial score (nSPS) is 10.9. The molecule has 0 saturated carbocycles. The van der Waals surface area contributed by atoms with Crippen molar-refractivity contribution in [2.75, 3.05) is 6.54 Å². The zero-order valence-electron chi connectivity index (χ0n) is 10.4. The predicted octanol–water partition coefficient (Wildman–Crippen LogP) is 2.80. The highest BCUT2D eigenvalue weighted by Crippen LogP contribution is 2.10. The molecule has 3 nitrogen and oxygen atoms in total. The van der Waals surface area contributed by atoms with E-state index in [1.54, 1.807) is 11.3 Å². The highest BCUT2D eigenvalue weighted by Gasteiger charge is 2.04. The van der Waals surface area contributed by atoms with Crippen LogP contribution in [-0.4, -0.2) is 16.3 Å². The lowest BCUT2D eigenvalue weighted by Gasteiger charge is -2.00. The van der Waals surface area contributed by atoms with Gasteiger partial charge in [-0.25, -0.2) is 0 Å². The first-order valence-corrected chi connectivity index (χ1v) is 6.98. The van der Waals surface area contributed by atoms with E-state index in [1.807, 2.05) is 4.68 Å². The number of hydrogen-bond acceptors (Lipinski definition) is 3. The molecule has 0 atom stereocenters. The molecule has 0 amide bonds. The lowest BCUT2D eigenvalue weighted by atomic mass is 10.2. The first-order valence-electron chi connectivity index (χ1n) is 6.04. The molecule has 0 bridgehead atoms.